The molecule has 27 heavy (non-hydrogen) atoms. The van der Waals surface area contributed by atoms with Crippen molar-refractivity contribution in [3.63, 3.8) is 0 Å². The van der Waals surface area contributed by atoms with Gasteiger partial charge in [0.2, 0.25) is 5.95 Å². The first kappa shape index (κ1) is 17.8. The summed E-state index contributed by atoms with van der Waals surface area (Å²) in [5, 5.41) is 3.99. The van der Waals surface area contributed by atoms with E-state index in [1.54, 1.807) is 0 Å². The quantitative estimate of drug-likeness (QED) is 0.645. The molecular formula is C22H23ClN4. The summed E-state index contributed by atoms with van der Waals surface area (Å²) in [5.74, 6) is 1.90. The van der Waals surface area contributed by atoms with Crippen molar-refractivity contribution >= 4 is 29.1 Å². The third kappa shape index (κ3) is 4.06. The molecule has 1 aliphatic rings. The Kier molecular flexibility index (Phi) is 4.99. The molecule has 0 unspecified atom stereocenters. The van der Waals surface area contributed by atoms with E-state index in [0.29, 0.717) is 16.9 Å². The monoisotopic (exact) mass is 378 g/mol. The number of rotatable bonds is 4. The summed E-state index contributed by atoms with van der Waals surface area (Å²) in [4.78, 5) is 11.8. The zero-order valence-corrected chi connectivity index (χ0v) is 16.4. The number of nitrogens with one attached hydrogen (secondary N) is 1. The van der Waals surface area contributed by atoms with E-state index in [1.807, 2.05) is 24.3 Å². The van der Waals surface area contributed by atoms with Gasteiger partial charge in [0.05, 0.1) is 5.69 Å². The highest BCUT2D eigenvalue weighted by Gasteiger charge is 2.19. The molecule has 1 aliphatic heterocycles. The van der Waals surface area contributed by atoms with E-state index in [4.69, 9.17) is 21.6 Å². The Labute approximate surface area is 165 Å². The van der Waals surface area contributed by atoms with Gasteiger partial charge in [0.1, 0.15) is 5.82 Å². The molecule has 2 aromatic carbocycles. The fourth-order valence-corrected chi connectivity index (χ4v) is 3.54. The smallest absolute Gasteiger partial charge is 0.229 e. The lowest BCUT2D eigenvalue weighted by Crippen LogP contribution is -2.31. The van der Waals surface area contributed by atoms with Crippen molar-refractivity contribution in [3.05, 3.63) is 76.4 Å². The molecule has 5 heteroatoms. The van der Waals surface area contributed by atoms with E-state index in [9.17, 15) is 0 Å². The fraction of sp³-hybridized carbons (Fsp3) is 0.273. The number of benzene rings is 2. The predicted molar refractivity (Wildman–Crippen MR) is 112 cm³/mol. The summed E-state index contributed by atoms with van der Waals surface area (Å²) in [6, 6.07) is 18.4. The highest BCUT2D eigenvalue weighted by Crippen LogP contribution is 2.27. The molecule has 1 aromatic heterocycles. The van der Waals surface area contributed by atoms with Gasteiger partial charge in [-0.25, -0.2) is 4.98 Å². The number of aromatic nitrogens is 2. The maximum absolute atomic E-state index is 6.10. The van der Waals surface area contributed by atoms with Gasteiger partial charge in [-0.3, -0.25) is 0 Å². The minimum Gasteiger partial charge on any atom is -0.352 e. The Morgan fingerprint density at radius 2 is 1.81 bits per heavy atom. The highest BCUT2D eigenvalue weighted by atomic mass is 35.5. The van der Waals surface area contributed by atoms with E-state index >= 15 is 0 Å². The first-order chi connectivity index (χ1) is 13.1. The average molecular weight is 379 g/mol. The van der Waals surface area contributed by atoms with Gasteiger partial charge in [-0.1, -0.05) is 55.8 Å². The highest BCUT2D eigenvalue weighted by molar-refractivity contribution is 6.30. The number of hydrogen-bond donors (Lipinski definition) is 1. The van der Waals surface area contributed by atoms with Crippen LogP contribution >= 0.6 is 11.6 Å². The zero-order chi connectivity index (χ0) is 18.8. The van der Waals surface area contributed by atoms with Gasteiger partial charge in [0, 0.05) is 29.9 Å². The van der Waals surface area contributed by atoms with Gasteiger partial charge < -0.3 is 10.2 Å². The third-order valence-electron chi connectivity index (χ3n) is 4.86. The van der Waals surface area contributed by atoms with Crippen LogP contribution in [0.5, 0.6) is 0 Å². The topological polar surface area (TPSA) is 41.1 Å². The van der Waals surface area contributed by atoms with Crippen LogP contribution in [-0.4, -0.2) is 16.5 Å². The van der Waals surface area contributed by atoms with Crippen LogP contribution in [0.3, 0.4) is 0 Å². The van der Waals surface area contributed by atoms with Crippen LogP contribution in [-0.2, 0) is 13.0 Å². The number of fused-ring (bicyclic) bond motifs is 1. The van der Waals surface area contributed by atoms with Crippen molar-refractivity contribution < 1.29 is 0 Å². The van der Waals surface area contributed by atoms with Gasteiger partial charge in [-0.2, -0.15) is 4.98 Å². The lowest BCUT2D eigenvalue weighted by atomic mass is 10.00. The second-order valence-corrected chi connectivity index (χ2v) is 7.64. The maximum atomic E-state index is 6.10. The molecule has 0 bridgehead atoms. The molecule has 0 aliphatic carbocycles. The van der Waals surface area contributed by atoms with Crippen LogP contribution in [0.2, 0.25) is 5.02 Å². The molecule has 0 fully saturated rings. The van der Waals surface area contributed by atoms with Gasteiger partial charge in [-0.15, -0.1) is 0 Å². The van der Waals surface area contributed by atoms with E-state index < -0.39 is 0 Å². The van der Waals surface area contributed by atoms with Crippen molar-refractivity contribution in [2.75, 3.05) is 16.8 Å². The number of anilines is 3. The average Bonchev–Trinajstić information content (AvgIpc) is 2.67. The molecule has 0 spiro atoms. The van der Waals surface area contributed by atoms with Crippen molar-refractivity contribution in [3.8, 4) is 0 Å². The summed E-state index contributed by atoms with van der Waals surface area (Å²) >= 11 is 6.10. The van der Waals surface area contributed by atoms with Gasteiger partial charge in [0.25, 0.3) is 0 Å². The van der Waals surface area contributed by atoms with Crippen LogP contribution in [0.4, 0.5) is 17.5 Å². The molecule has 0 amide bonds. The molecule has 0 saturated carbocycles. The van der Waals surface area contributed by atoms with Crippen LogP contribution < -0.4 is 10.2 Å². The van der Waals surface area contributed by atoms with Crippen molar-refractivity contribution in [1.29, 1.82) is 0 Å². The molecule has 0 saturated heterocycles. The molecule has 0 radical (unpaired) electrons. The second-order valence-electron chi connectivity index (χ2n) is 7.20. The predicted octanol–water partition coefficient (Wildman–Crippen LogP) is 5.56. The lowest BCUT2D eigenvalue weighted by Gasteiger charge is -2.30. The standard InChI is InChI=1S/C22H23ClN4/c1-15(2)20-13-21(27-11-10-16-6-3-4-7-17(16)14-27)26-22(25-20)24-19-9-5-8-18(23)12-19/h3-9,12-13,15H,10-11,14H2,1-2H3,(H,24,25,26). The van der Waals surface area contributed by atoms with E-state index in [-0.39, 0.29) is 0 Å². The fourth-order valence-electron chi connectivity index (χ4n) is 3.35. The molecule has 138 valence electrons. The zero-order valence-electron chi connectivity index (χ0n) is 15.6. The molecule has 3 aromatic rings. The summed E-state index contributed by atoms with van der Waals surface area (Å²) < 4.78 is 0. The normalized spacial score (nSPS) is 13.6. The van der Waals surface area contributed by atoms with Crippen LogP contribution in [0, 0.1) is 0 Å². The van der Waals surface area contributed by atoms with Crippen LogP contribution in [0.15, 0.2) is 54.6 Å². The number of hydrogen-bond acceptors (Lipinski definition) is 4. The van der Waals surface area contributed by atoms with E-state index in [0.717, 1.165) is 36.7 Å². The Morgan fingerprint density at radius 3 is 2.59 bits per heavy atom. The summed E-state index contributed by atoms with van der Waals surface area (Å²) in [6.07, 6.45) is 1.04. The molecule has 4 rings (SSSR count). The number of halogens is 1. The van der Waals surface area contributed by atoms with Gasteiger partial charge in [-0.05, 0) is 41.7 Å². The Balaban J connectivity index is 1.65. The van der Waals surface area contributed by atoms with Crippen molar-refractivity contribution in [1.82, 2.24) is 9.97 Å². The number of nitrogens with zero attached hydrogens (tertiary/aromatic N) is 3. The maximum Gasteiger partial charge on any atom is 0.229 e. The first-order valence-electron chi connectivity index (χ1n) is 9.32. The van der Waals surface area contributed by atoms with Crippen molar-refractivity contribution in [2.24, 2.45) is 0 Å². The SMILES string of the molecule is CC(C)c1cc(N2CCc3ccccc3C2)nc(Nc2cccc(Cl)c2)n1. The van der Waals surface area contributed by atoms with Gasteiger partial charge in [0.15, 0.2) is 0 Å². The minimum atomic E-state index is 0.323. The Morgan fingerprint density at radius 1 is 1.00 bits per heavy atom. The largest absolute Gasteiger partial charge is 0.352 e. The third-order valence-corrected chi connectivity index (χ3v) is 5.09. The van der Waals surface area contributed by atoms with Crippen LogP contribution in [0.1, 0.15) is 36.6 Å². The first-order valence-corrected chi connectivity index (χ1v) is 9.69. The molecule has 2 heterocycles. The van der Waals surface area contributed by atoms with Crippen molar-refractivity contribution in [2.45, 2.75) is 32.7 Å². The van der Waals surface area contributed by atoms with E-state index in [2.05, 4.69) is 54.4 Å². The summed E-state index contributed by atoms with van der Waals surface area (Å²) in [6.45, 7) is 6.14. The minimum absolute atomic E-state index is 0.323. The Hall–Kier alpha value is -2.59. The van der Waals surface area contributed by atoms with Crippen LogP contribution in [0.25, 0.3) is 0 Å². The molecule has 1 N–H and O–H groups in total. The second kappa shape index (κ2) is 7.57. The summed E-state index contributed by atoms with van der Waals surface area (Å²) in [7, 11) is 0. The summed E-state index contributed by atoms with van der Waals surface area (Å²) in [5.41, 5.74) is 4.73. The Bertz CT molecular complexity index is 955. The molecule has 0 atom stereocenters. The van der Waals surface area contributed by atoms with E-state index in [1.165, 1.54) is 11.1 Å². The van der Waals surface area contributed by atoms with Gasteiger partial charge >= 0.3 is 0 Å². The lowest BCUT2D eigenvalue weighted by molar-refractivity contribution is 0.714. The molecular weight excluding hydrogens is 356 g/mol. The molecule has 4 nitrogen and oxygen atoms in total.